The average Bonchev–Trinajstić information content (AvgIpc) is 3.00. The fraction of sp³-hybridized carbons (Fsp3) is 0.500. The fourth-order valence-corrected chi connectivity index (χ4v) is 3.58. The third kappa shape index (κ3) is 3.03. The van der Waals surface area contributed by atoms with Gasteiger partial charge in [-0.1, -0.05) is 50.1 Å². The first-order valence-electron chi connectivity index (χ1n) is 8.06. The average molecular weight is 284 g/mol. The molecule has 3 rings (SSSR count). The van der Waals surface area contributed by atoms with Crippen LogP contribution < -0.4 is 0 Å². The number of aromatic nitrogens is 2. The Labute approximate surface area is 126 Å². The highest BCUT2D eigenvalue weighted by molar-refractivity contribution is 5.55. The zero-order chi connectivity index (χ0) is 14.7. The molecule has 21 heavy (non-hydrogen) atoms. The van der Waals surface area contributed by atoms with Gasteiger partial charge in [0.1, 0.15) is 5.82 Å². The van der Waals surface area contributed by atoms with Crippen LogP contribution in [0.15, 0.2) is 42.7 Å². The van der Waals surface area contributed by atoms with E-state index in [1.165, 1.54) is 12.8 Å². The molecule has 0 radical (unpaired) electrons. The third-order valence-corrected chi connectivity index (χ3v) is 4.64. The summed E-state index contributed by atoms with van der Waals surface area (Å²) in [7, 11) is 0. The van der Waals surface area contributed by atoms with E-state index in [1.807, 2.05) is 30.6 Å². The summed E-state index contributed by atoms with van der Waals surface area (Å²) in [6, 6.07) is 10.4. The number of aliphatic hydroxyl groups excluding tert-OH is 1. The van der Waals surface area contributed by atoms with Crippen molar-refractivity contribution in [3.8, 4) is 11.4 Å². The van der Waals surface area contributed by atoms with Crippen LogP contribution in [0.4, 0.5) is 0 Å². The molecule has 3 heteroatoms. The van der Waals surface area contributed by atoms with E-state index in [9.17, 15) is 5.11 Å². The maximum absolute atomic E-state index is 10.4. The molecule has 3 unspecified atom stereocenters. The number of hydrogen-bond acceptors (Lipinski definition) is 2. The standard InChI is InChI=1S/C18H24N2O/c1-2-6-14-9-10-17(21)16(13-14)20-12-11-19-18(20)15-7-4-3-5-8-15/h3-5,7-8,11-12,14,16-17,21H,2,6,9-10,13H2,1H3. The fourth-order valence-electron chi connectivity index (χ4n) is 3.58. The molecule has 0 bridgehead atoms. The van der Waals surface area contributed by atoms with Crippen LogP contribution in [-0.4, -0.2) is 20.8 Å². The molecular formula is C18H24N2O. The van der Waals surface area contributed by atoms with Crippen molar-refractivity contribution in [3.63, 3.8) is 0 Å². The van der Waals surface area contributed by atoms with E-state index in [0.29, 0.717) is 0 Å². The van der Waals surface area contributed by atoms with Gasteiger partial charge in [-0.05, 0) is 25.2 Å². The Kier molecular flexibility index (Phi) is 4.39. The Morgan fingerprint density at radius 2 is 2.05 bits per heavy atom. The molecule has 0 spiro atoms. The predicted octanol–water partition coefficient (Wildman–Crippen LogP) is 4.05. The van der Waals surface area contributed by atoms with Gasteiger partial charge in [0.05, 0.1) is 12.1 Å². The Morgan fingerprint density at radius 3 is 2.81 bits per heavy atom. The van der Waals surface area contributed by atoms with Gasteiger partial charge in [-0.3, -0.25) is 0 Å². The van der Waals surface area contributed by atoms with Crippen LogP contribution in [0.25, 0.3) is 11.4 Å². The van der Waals surface area contributed by atoms with Crippen LogP contribution in [0.3, 0.4) is 0 Å². The van der Waals surface area contributed by atoms with Crippen LogP contribution in [0.1, 0.15) is 45.1 Å². The maximum Gasteiger partial charge on any atom is 0.140 e. The number of aliphatic hydroxyl groups is 1. The highest BCUT2D eigenvalue weighted by Crippen LogP contribution is 2.37. The number of benzene rings is 1. The molecule has 1 heterocycles. The van der Waals surface area contributed by atoms with Crippen molar-refractivity contribution < 1.29 is 5.11 Å². The molecule has 1 aromatic carbocycles. The molecule has 0 amide bonds. The van der Waals surface area contributed by atoms with Gasteiger partial charge in [0.15, 0.2) is 0 Å². The first-order valence-corrected chi connectivity index (χ1v) is 8.06. The van der Waals surface area contributed by atoms with Gasteiger partial charge in [0.2, 0.25) is 0 Å². The Hall–Kier alpha value is -1.61. The second kappa shape index (κ2) is 6.44. The molecule has 1 fully saturated rings. The van der Waals surface area contributed by atoms with Gasteiger partial charge in [0.25, 0.3) is 0 Å². The first kappa shape index (κ1) is 14.3. The van der Waals surface area contributed by atoms with E-state index in [-0.39, 0.29) is 12.1 Å². The molecule has 3 atom stereocenters. The maximum atomic E-state index is 10.4. The van der Waals surface area contributed by atoms with E-state index in [1.54, 1.807) is 0 Å². The van der Waals surface area contributed by atoms with Crippen LogP contribution in [-0.2, 0) is 0 Å². The van der Waals surface area contributed by atoms with Crippen molar-refractivity contribution >= 4 is 0 Å². The van der Waals surface area contributed by atoms with Crippen molar-refractivity contribution in [1.29, 1.82) is 0 Å². The summed E-state index contributed by atoms with van der Waals surface area (Å²) in [6.07, 6.45) is 9.22. The smallest absolute Gasteiger partial charge is 0.140 e. The number of hydrogen-bond donors (Lipinski definition) is 1. The monoisotopic (exact) mass is 284 g/mol. The first-order chi connectivity index (χ1) is 10.3. The third-order valence-electron chi connectivity index (χ3n) is 4.64. The van der Waals surface area contributed by atoms with Crippen molar-refractivity contribution in [3.05, 3.63) is 42.7 Å². The topological polar surface area (TPSA) is 38.0 Å². The molecule has 1 aliphatic carbocycles. The molecule has 3 nitrogen and oxygen atoms in total. The lowest BCUT2D eigenvalue weighted by molar-refractivity contribution is 0.0528. The van der Waals surface area contributed by atoms with E-state index in [2.05, 4.69) is 28.6 Å². The van der Waals surface area contributed by atoms with Crippen LogP contribution in [0.5, 0.6) is 0 Å². The summed E-state index contributed by atoms with van der Waals surface area (Å²) < 4.78 is 2.18. The molecule has 2 aromatic rings. The Bertz CT molecular complexity index is 564. The van der Waals surface area contributed by atoms with Crippen molar-refractivity contribution in [1.82, 2.24) is 9.55 Å². The van der Waals surface area contributed by atoms with E-state index in [0.717, 1.165) is 36.6 Å². The number of imidazole rings is 1. The lowest BCUT2D eigenvalue weighted by Crippen LogP contribution is -2.31. The van der Waals surface area contributed by atoms with Gasteiger partial charge in [-0.15, -0.1) is 0 Å². The van der Waals surface area contributed by atoms with Crippen molar-refractivity contribution in [2.75, 3.05) is 0 Å². The number of rotatable bonds is 4. The highest BCUT2D eigenvalue weighted by atomic mass is 16.3. The van der Waals surface area contributed by atoms with Gasteiger partial charge in [-0.25, -0.2) is 4.98 Å². The second-order valence-electron chi connectivity index (χ2n) is 6.13. The quantitative estimate of drug-likeness (QED) is 0.919. The van der Waals surface area contributed by atoms with Crippen LogP contribution in [0.2, 0.25) is 0 Å². The van der Waals surface area contributed by atoms with Gasteiger partial charge in [-0.2, -0.15) is 0 Å². The highest BCUT2D eigenvalue weighted by Gasteiger charge is 2.31. The van der Waals surface area contributed by atoms with Gasteiger partial charge >= 0.3 is 0 Å². The summed E-state index contributed by atoms with van der Waals surface area (Å²) in [4.78, 5) is 4.52. The lowest BCUT2D eigenvalue weighted by atomic mass is 9.81. The molecule has 1 aliphatic rings. The van der Waals surface area contributed by atoms with Gasteiger partial charge < -0.3 is 9.67 Å². The minimum Gasteiger partial charge on any atom is -0.391 e. The molecule has 1 saturated carbocycles. The summed E-state index contributed by atoms with van der Waals surface area (Å²) in [6.45, 7) is 2.24. The summed E-state index contributed by atoms with van der Waals surface area (Å²) in [5.74, 6) is 1.70. The van der Waals surface area contributed by atoms with Crippen LogP contribution >= 0.6 is 0 Å². The van der Waals surface area contributed by atoms with Gasteiger partial charge in [0, 0.05) is 18.0 Å². The Morgan fingerprint density at radius 1 is 1.24 bits per heavy atom. The minimum absolute atomic E-state index is 0.160. The normalized spacial score (nSPS) is 25.9. The summed E-state index contributed by atoms with van der Waals surface area (Å²) >= 11 is 0. The molecular weight excluding hydrogens is 260 g/mol. The lowest BCUT2D eigenvalue weighted by Gasteiger charge is -2.35. The largest absolute Gasteiger partial charge is 0.391 e. The zero-order valence-electron chi connectivity index (χ0n) is 12.7. The summed E-state index contributed by atoms with van der Waals surface area (Å²) in [5.41, 5.74) is 1.12. The molecule has 0 aliphatic heterocycles. The van der Waals surface area contributed by atoms with E-state index >= 15 is 0 Å². The van der Waals surface area contributed by atoms with Crippen molar-refractivity contribution in [2.45, 2.75) is 51.2 Å². The van der Waals surface area contributed by atoms with E-state index in [4.69, 9.17) is 0 Å². The second-order valence-corrected chi connectivity index (χ2v) is 6.13. The van der Waals surface area contributed by atoms with Crippen LogP contribution in [0, 0.1) is 5.92 Å². The summed E-state index contributed by atoms with van der Waals surface area (Å²) in [5, 5.41) is 10.4. The SMILES string of the molecule is CCCC1CCC(O)C(n2ccnc2-c2ccccc2)C1. The van der Waals surface area contributed by atoms with Crippen molar-refractivity contribution in [2.24, 2.45) is 5.92 Å². The molecule has 112 valence electrons. The molecule has 1 N–H and O–H groups in total. The zero-order valence-corrected chi connectivity index (χ0v) is 12.7. The molecule has 0 saturated heterocycles. The predicted molar refractivity (Wildman–Crippen MR) is 85.0 cm³/mol. The number of nitrogens with zero attached hydrogens (tertiary/aromatic N) is 2. The Balaban J connectivity index is 1.88. The van der Waals surface area contributed by atoms with E-state index < -0.39 is 0 Å². The molecule has 1 aromatic heterocycles. The minimum atomic E-state index is -0.255.